The number of amides is 4. The molecule has 0 bridgehead atoms. The topological polar surface area (TPSA) is 106 Å². The van der Waals surface area contributed by atoms with Crippen molar-refractivity contribution in [2.24, 2.45) is 5.73 Å². The number of aromatic nitrogens is 1. The summed E-state index contributed by atoms with van der Waals surface area (Å²) in [5.74, 6) is -0.534. The summed E-state index contributed by atoms with van der Waals surface area (Å²) in [6, 6.07) is 23.3. The van der Waals surface area contributed by atoms with Crippen LogP contribution >= 0.6 is 0 Å². The SMILES string of the molecule is Cc1cccc(N2CCN(c3cccc(-c4ccc(C(N)=O)c5[nH]c6cc(C(=O)N7CCN(C)CC7)ccc6c45)c3C)C2=O)c1. The Hall–Kier alpha value is -5.15. The molecule has 3 N–H and O–H groups in total. The first-order valence-electron chi connectivity index (χ1n) is 15.3. The summed E-state index contributed by atoms with van der Waals surface area (Å²) in [6.45, 7) is 8.29. The maximum Gasteiger partial charge on any atom is 0.329 e. The average Bonchev–Trinajstić information content (AvgIpc) is 3.61. The van der Waals surface area contributed by atoms with Gasteiger partial charge < -0.3 is 20.5 Å². The number of H-pyrrole nitrogens is 1. The zero-order valence-corrected chi connectivity index (χ0v) is 25.8. The summed E-state index contributed by atoms with van der Waals surface area (Å²) < 4.78 is 0. The van der Waals surface area contributed by atoms with Crippen LogP contribution in [0.4, 0.5) is 16.2 Å². The molecule has 45 heavy (non-hydrogen) atoms. The van der Waals surface area contributed by atoms with E-state index in [2.05, 4.69) is 16.9 Å². The molecular formula is C36H36N6O3. The quantitative estimate of drug-likeness (QED) is 0.276. The Balaban J connectivity index is 1.30. The van der Waals surface area contributed by atoms with Crippen molar-refractivity contribution in [1.82, 2.24) is 14.8 Å². The van der Waals surface area contributed by atoms with Gasteiger partial charge in [-0.25, -0.2) is 4.79 Å². The third-order valence-corrected chi connectivity index (χ3v) is 9.27. The molecule has 5 aromatic rings. The number of nitrogens with one attached hydrogen (secondary N) is 1. The molecule has 2 aliphatic rings. The van der Waals surface area contributed by atoms with Crippen LogP contribution in [-0.2, 0) is 0 Å². The lowest BCUT2D eigenvalue weighted by molar-refractivity contribution is 0.0664. The molecule has 7 rings (SSSR count). The zero-order valence-electron chi connectivity index (χ0n) is 25.8. The van der Waals surface area contributed by atoms with Gasteiger partial charge in [0.15, 0.2) is 0 Å². The fraction of sp³-hybridized carbons (Fsp3) is 0.250. The number of fused-ring (bicyclic) bond motifs is 3. The van der Waals surface area contributed by atoms with Gasteiger partial charge in [0.05, 0.1) is 11.1 Å². The summed E-state index contributed by atoms with van der Waals surface area (Å²) >= 11 is 0. The minimum absolute atomic E-state index is 0.00228. The van der Waals surface area contributed by atoms with Crippen LogP contribution in [0.25, 0.3) is 32.9 Å². The second-order valence-electron chi connectivity index (χ2n) is 12.1. The molecule has 2 aliphatic heterocycles. The van der Waals surface area contributed by atoms with Crippen molar-refractivity contribution in [1.29, 1.82) is 0 Å². The van der Waals surface area contributed by atoms with Crippen molar-refractivity contribution in [2.75, 3.05) is 56.1 Å². The van der Waals surface area contributed by atoms with E-state index in [4.69, 9.17) is 5.73 Å². The molecule has 9 nitrogen and oxygen atoms in total. The van der Waals surface area contributed by atoms with Crippen molar-refractivity contribution < 1.29 is 14.4 Å². The zero-order chi connectivity index (χ0) is 31.4. The number of urea groups is 1. The van der Waals surface area contributed by atoms with Crippen LogP contribution in [0.1, 0.15) is 31.8 Å². The number of hydrogen-bond acceptors (Lipinski definition) is 4. The van der Waals surface area contributed by atoms with Gasteiger partial charge in [-0.15, -0.1) is 0 Å². The molecule has 4 aromatic carbocycles. The molecule has 2 fully saturated rings. The summed E-state index contributed by atoms with van der Waals surface area (Å²) in [5, 5.41) is 1.75. The van der Waals surface area contributed by atoms with E-state index in [0.717, 1.165) is 63.0 Å². The predicted octanol–water partition coefficient (Wildman–Crippen LogP) is 5.54. The van der Waals surface area contributed by atoms with Gasteiger partial charge in [0.2, 0.25) is 0 Å². The number of benzene rings is 4. The van der Waals surface area contributed by atoms with Crippen molar-refractivity contribution in [3.8, 4) is 11.1 Å². The predicted molar refractivity (Wildman–Crippen MR) is 179 cm³/mol. The van der Waals surface area contributed by atoms with E-state index in [9.17, 15) is 14.4 Å². The second kappa shape index (κ2) is 11.1. The van der Waals surface area contributed by atoms with Crippen LogP contribution in [-0.4, -0.2) is 78.9 Å². The lowest BCUT2D eigenvalue weighted by Crippen LogP contribution is -2.47. The maximum atomic E-state index is 13.7. The van der Waals surface area contributed by atoms with Crippen molar-refractivity contribution in [2.45, 2.75) is 13.8 Å². The number of piperazine rings is 1. The maximum absolute atomic E-state index is 13.7. The molecule has 9 heteroatoms. The van der Waals surface area contributed by atoms with Crippen LogP contribution in [0.3, 0.4) is 0 Å². The van der Waals surface area contributed by atoms with Gasteiger partial charge in [-0.3, -0.25) is 19.4 Å². The van der Waals surface area contributed by atoms with Crippen LogP contribution in [0, 0.1) is 13.8 Å². The standard InChI is InChI=1S/C36H36N6O3/c1-22-6-4-7-25(20-22)41-18-19-42(36(41)45)31-9-5-8-26(23(31)2)27-12-13-29(34(37)43)33-32(27)28-11-10-24(21-30(28)38-33)35(44)40-16-14-39(3)15-17-40/h4-13,20-21,38H,14-19H2,1-3H3,(H2,37,43). The van der Waals surface area contributed by atoms with Gasteiger partial charge in [0, 0.05) is 72.5 Å². The number of likely N-dealkylation sites (N-methyl/N-ethyl adjacent to an activating group) is 1. The smallest absolute Gasteiger partial charge is 0.329 e. The monoisotopic (exact) mass is 600 g/mol. The summed E-state index contributed by atoms with van der Waals surface area (Å²) in [4.78, 5) is 50.8. The van der Waals surface area contributed by atoms with Gasteiger partial charge in [-0.2, -0.15) is 0 Å². The van der Waals surface area contributed by atoms with E-state index in [1.807, 2.05) is 95.3 Å². The molecule has 0 atom stereocenters. The highest BCUT2D eigenvalue weighted by Crippen LogP contribution is 2.40. The lowest BCUT2D eigenvalue weighted by atomic mass is 9.93. The fourth-order valence-corrected chi connectivity index (χ4v) is 6.77. The van der Waals surface area contributed by atoms with Gasteiger partial charge >= 0.3 is 6.03 Å². The number of carbonyl (C=O) groups is 3. The van der Waals surface area contributed by atoms with Crippen molar-refractivity contribution in [3.63, 3.8) is 0 Å². The number of primary amides is 1. The molecule has 0 aliphatic carbocycles. The van der Waals surface area contributed by atoms with Gasteiger partial charge in [-0.05, 0) is 79.5 Å². The Morgan fingerprint density at radius 2 is 1.56 bits per heavy atom. The molecule has 1 aromatic heterocycles. The van der Waals surface area contributed by atoms with E-state index >= 15 is 0 Å². The van der Waals surface area contributed by atoms with E-state index in [1.54, 1.807) is 6.07 Å². The Kier molecular flexibility index (Phi) is 7.05. The third kappa shape index (κ3) is 4.89. The van der Waals surface area contributed by atoms with Crippen LogP contribution in [0.2, 0.25) is 0 Å². The number of aryl methyl sites for hydroxylation is 1. The number of nitrogens with two attached hydrogens (primary N) is 1. The third-order valence-electron chi connectivity index (χ3n) is 9.27. The van der Waals surface area contributed by atoms with Crippen LogP contribution < -0.4 is 15.5 Å². The highest BCUT2D eigenvalue weighted by molar-refractivity contribution is 6.21. The molecule has 0 spiro atoms. The highest BCUT2D eigenvalue weighted by Gasteiger charge is 2.32. The Morgan fingerprint density at radius 1 is 0.800 bits per heavy atom. The van der Waals surface area contributed by atoms with Crippen molar-refractivity contribution in [3.05, 3.63) is 95.1 Å². The lowest BCUT2D eigenvalue weighted by Gasteiger charge is -2.32. The molecule has 2 saturated heterocycles. The number of aromatic amines is 1. The molecule has 228 valence electrons. The van der Waals surface area contributed by atoms with E-state index in [0.29, 0.717) is 42.8 Å². The van der Waals surface area contributed by atoms with Crippen LogP contribution in [0.5, 0.6) is 0 Å². The van der Waals surface area contributed by atoms with E-state index < -0.39 is 5.91 Å². The second-order valence-corrected chi connectivity index (χ2v) is 12.1. The molecule has 0 unspecified atom stereocenters. The summed E-state index contributed by atoms with van der Waals surface area (Å²) in [5.41, 5.74) is 13.9. The largest absolute Gasteiger partial charge is 0.366 e. The Morgan fingerprint density at radius 3 is 2.31 bits per heavy atom. The van der Waals surface area contributed by atoms with Crippen molar-refractivity contribution >= 4 is 51.0 Å². The number of hydrogen-bond donors (Lipinski definition) is 2. The molecule has 3 heterocycles. The van der Waals surface area contributed by atoms with E-state index in [-0.39, 0.29) is 11.9 Å². The Bertz CT molecular complexity index is 2010. The number of carbonyl (C=O) groups excluding carboxylic acids is 3. The van der Waals surface area contributed by atoms with Crippen LogP contribution in [0.15, 0.2) is 72.8 Å². The fourth-order valence-electron chi connectivity index (χ4n) is 6.77. The first kappa shape index (κ1) is 28.6. The number of rotatable bonds is 5. The minimum Gasteiger partial charge on any atom is -0.366 e. The van der Waals surface area contributed by atoms with E-state index in [1.165, 1.54) is 0 Å². The average molecular weight is 601 g/mol. The van der Waals surface area contributed by atoms with Gasteiger partial charge in [-0.1, -0.05) is 36.4 Å². The summed E-state index contributed by atoms with van der Waals surface area (Å²) in [6.07, 6.45) is 0. The first-order valence-corrected chi connectivity index (χ1v) is 15.3. The summed E-state index contributed by atoms with van der Waals surface area (Å²) in [7, 11) is 2.06. The van der Waals surface area contributed by atoms with Gasteiger partial charge in [0.1, 0.15) is 0 Å². The molecule has 0 saturated carbocycles. The normalized spacial score (nSPS) is 15.9. The Labute approximate surface area is 261 Å². The molecular weight excluding hydrogens is 564 g/mol. The first-order chi connectivity index (χ1) is 21.7. The highest BCUT2D eigenvalue weighted by atomic mass is 16.2. The van der Waals surface area contributed by atoms with Gasteiger partial charge in [0.25, 0.3) is 11.8 Å². The molecule has 4 amide bonds. The molecule has 0 radical (unpaired) electrons. The number of nitrogens with zero attached hydrogens (tertiary/aromatic N) is 4. The minimum atomic E-state index is -0.531. The number of anilines is 2.